The monoisotopic (exact) mass is 421 g/mol. The minimum Gasteiger partial charge on any atom is -0.487 e. The van der Waals surface area contributed by atoms with Gasteiger partial charge in [-0.05, 0) is 37.1 Å². The standard InChI is InChI=1S/C21H19F4N3O2/c22-17-3-1-2-4-18(17)29-16-9-11-28(12-10-16)13-19-26-20(27-30-19)14-5-7-15(8-6-14)21(23,24)25/h1-8,16H,9-13H2. The molecular weight excluding hydrogens is 402 g/mol. The van der Waals surface area contributed by atoms with E-state index < -0.39 is 11.7 Å². The SMILES string of the molecule is Fc1ccccc1OC1CCN(Cc2nc(-c3ccc(C(F)(F)F)cc3)no2)CC1. The van der Waals surface area contributed by atoms with E-state index >= 15 is 0 Å². The van der Waals surface area contributed by atoms with Crippen molar-refractivity contribution in [2.45, 2.75) is 31.7 Å². The average molecular weight is 421 g/mol. The number of para-hydroxylation sites is 1. The van der Waals surface area contributed by atoms with Crippen LogP contribution in [-0.2, 0) is 12.7 Å². The lowest BCUT2D eigenvalue weighted by atomic mass is 10.1. The third-order valence-corrected chi connectivity index (χ3v) is 4.96. The van der Waals surface area contributed by atoms with E-state index in [4.69, 9.17) is 9.26 Å². The highest BCUT2D eigenvalue weighted by atomic mass is 19.4. The molecule has 1 aliphatic heterocycles. The van der Waals surface area contributed by atoms with Gasteiger partial charge in [0.2, 0.25) is 11.7 Å². The molecule has 9 heteroatoms. The molecule has 158 valence electrons. The largest absolute Gasteiger partial charge is 0.487 e. The number of rotatable bonds is 5. The Morgan fingerprint density at radius 1 is 1.03 bits per heavy atom. The predicted octanol–water partition coefficient (Wildman–Crippen LogP) is 4.94. The molecule has 2 aromatic carbocycles. The summed E-state index contributed by atoms with van der Waals surface area (Å²) in [6.45, 7) is 1.87. The zero-order valence-electron chi connectivity index (χ0n) is 15.9. The van der Waals surface area contributed by atoms with Gasteiger partial charge in [0.15, 0.2) is 11.6 Å². The van der Waals surface area contributed by atoms with Crippen LogP contribution >= 0.6 is 0 Å². The van der Waals surface area contributed by atoms with Gasteiger partial charge in [-0.3, -0.25) is 4.90 Å². The van der Waals surface area contributed by atoms with E-state index in [0.29, 0.717) is 18.0 Å². The van der Waals surface area contributed by atoms with E-state index in [2.05, 4.69) is 15.0 Å². The summed E-state index contributed by atoms with van der Waals surface area (Å²) in [4.78, 5) is 6.40. The molecule has 1 fully saturated rings. The number of hydrogen-bond donors (Lipinski definition) is 0. The van der Waals surface area contributed by atoms with Crippen molar-refractivity contribution in [3.63, 3.8) is 0 Å². The molecular formula is C21H19F4N3O2. The van der Waals surface area contributed by atoms with Gasteiger partial charge in [0.25, 0.3) is 0 Å². The zero-order valence-corrected chi connectivity index (χ0v) is 15.9. The maximum atomic E-state index is 13.7. The minimum atomic E-state index is -4.39. The Kier molecular flexibility index (Phi) is 5.72. The van der Waals surface area contributed by atoms with Gasteiger partial charge in [0, 0.05) is 18.7 Å². The number of halogens is 4. The lowest BCUT2D eigenvalue weighted by Crippen LogP contribution is -2.38. The molecule has 0 bridgehead atoms. The van der Waals surface area contributed by atoms with Crippen LogP contribution in [0.1, 0.15) is 24.3 Å². The molecule has 4 rings (SSSR count). The summed E-state index contributed by atoms with van der Waals surface area (Å²) in [5.41, 5.74) is -0.273. The Bertz CT molecular complexity index is 980. The summed E-state index contributed by atoms with van der Waals surface area (Å²) in [7, 11) is 0. The zero-order chi connectivity index (χ0) is 21.1. The normalized spacial score (nSPS) is 16.0. The molecule has 3 aromatic rings. The maximum Gasteiger partial charge on any atom is 0.416 e. The molecule has 5 nitrogen and oxygen atoms in total. The van der Waals surface area contributed by atoms with Crippen molar-refractivity contribution >= 4 is 0 Å². The number of piperidine rings is 1. The van der Waals surface area contributed by atoms with Crippen molar-refractivity contribution < 1.29 is 26.8 Å². The molecule has 0 unspecified atom stereocenters. The fourth-order valence-corrected chi connectivity index (χ4v) is 3.34. The van der Waals surface area contributed by atoms with E-state index in [9.17, 15) is 17.6 Å². The lowest BCUT2D eigenvalue weighted by molar-refractivity contribution is -0.137. The summed E-state index contributed by atoms with van der Waals surface area (Å²) in [6, 6.07) is 11.0. The fourth-order valence-electron chi connectivity index (χ4n) is 3.34. The van der Waals surface area contributed by atoms with E-state index in [-0.39, 0.29) is 23.5 Å². The molecule has 0 radical (unpaired) electrons. The highest BCUT2D eigenvalue weighted by Crippen LogP contribution is 2.30. The number of aromatic nitrogens is 2. The summed E-state index contributed by atoms with van der Waals surface area (Å²) < 4.78 is 62.7. The molecule has 0 aliphatic carbocycles. The molecule has 0 spiro atoms. The first-order valence-electron chi connectivity index (χ1n) is 9.52. The second-order valence-corrected chi connectivity index (χ2v) is 7.11. The summed E-state index contributed by atoms with van der Waals surface area (Å²) >= 11 is 0. The smallest absolute Gasteiger partial charge is 0.416 e. The molecule has 0 atom stereocenters. The Balaban J connectivity index is 1.31. The highest BCUT2D eigenvalue weighted by molar-refractivity contribution is 5.54. The first-order valence-corrected chi connectivity index (χ1v) is 9.52. The third kappa shape index (κ3) is 4.79. The van der Waals surface area contributed by atoms with Crippen molar-refractivity contribution in [2.24, 2.45) is 0 Å². The summed E-state index contributed by atoms with van der Waals surface area (Å²) in [5, 5.41) is 3.86. The fraction of sp³-hybridized carbons (Fsp3) is 0.333. The van der Waals surface area contributed by atoms with Crippen LogP contribution in [-0.4, -0.2) is 34.2 Å². The number of hydrogen-bond acceptors (Lipinski definition) is 5. The van der Waals surface area contributed by atoms with Gasteiger partial charge in [0.1, 0.15) is 6.10 Å². The van der Waals surface area contributed by atoms with Crippen molar-refractivity contribution in [1.82, 2.24) is 15.0 Å². The summed E-state index contributed by atoms with van der Waals surface area (Å²) in [6.07, 6.45) is -2.99. The Hall–Kier alpha value is -2.94. The third-order valence-electron chi connectivity index (χ3n) is 4.96. The van der Waals surface area contributed by atoms with Gasteiger partial charge in [-0.1, -0.05) is 29.4 Å². The van der Waals surface area contributed by atoms with Crippen LogP contribution in [0.3, 0.4) is 0 Å². The van der Waals surface area contributed by atoms with Crippen LogP contribution in [0.5, 0.6) is 5.75 Å². The van der Waals surface area contributed by atoms with Crippen molar-refractivity contribution in [2.75, 3.05) is 13.1 Å². The van der Waals surface area contributed by atoms with Gasteiger partial charge in [-0.25, -0.2) is 4.39 Å². The number of nitrogens with zero attached hydrogens (tertiary/aromatic N) is 3. The Morgan fingerprint density at radius 3 is 2.40 bits per heavy atom. The molecule has 1 aromatic heterocycles. The van der Waals surface area contributed by atoms with Crippen molar-refractivity contribution in [3.05, 3.63) is 65.8 Å². The second-order valence-electron chi connectivity index (χ2n) is 7.11. The number of ether oxygens (including phenoxy) is 1. The summed E-state index contributed by atoms with van der Waals surface area (Å²) in [5.74, 6) is 0.519. The molecule has 0 amide bonds. The topological polar surface area (TPSA) is 51.4 Å². The number of alkyl halides is 3. The number of benzene rings is 2. The van der Waals surface area contributed by atoms with Crippen LogP contribution < -0.4 is 4.74 Å². The Labute approximate surface area is 170 Å². The van der Waals surface area contributed by atoms with E-state index in [0.717, 1.165) is 38.1 Å². The lowest BCUT2D eigenvalue weighted by Gasteiger charge is -2.31. The van der Waals surface area contributed by atoms with Gasteiger partial charge < -0.3 is 9.26 Å². The molecule has 0 saturated carbocycles. The molecule has 30 heavy (non-hydrogen) atoms. The predicted molar refractivity (Wildman–Crippen MR) is 100 cm³/mol. The number of likely N-dealkylation sites (tertiary alicyclic amines) is 1. The van der Waals surface area contributed by atoms with E-state index in [1.165, 1.54) is 18.2 Å². The maximum absolute atomic E-state index is 13.7. The van der Waals surface area contributed by atoms with E-state index in [1.54, 1.807) is 18.2 Å². The van der Waals surface area contributed by atoms with Gasteiger partial charge >= 0.3 is 6.18 Å². The second kappa shape index (κ2) is 8.43. The first-order chi connectivity index (χ1) is 14.4. The Morgan fingerprint density at radius 2 is 1.73 bits per heavy atom. The van der Waals surface area contributed by atoms with Crippen LogP contribution in [0.15, 0.2) is 53.1 Å². The highest BCUT2D eigenvalue weighted by Gasteiger charge is 2.30. The van der Waals surface area contributed by atoms with Crippen molar-refractivity contribution in [3.8, 4) is 17.1 Å². The van der Waals surface area contributed by atoms with Crippen LogP contribution in [0, 0.1) is 5.82 Å². The average Bonchev–Trinajstić information content (AvgIpc) is 3.19. The van der Waals surface area contributed by atoms with Gasteiger partial charge in [0.05, 0.1) is 12.1 Å². The van der Waals surface area contributed by atoms with Gasteiger partial charge in [-0.2, -0.15) is 18.2 Å². The van der Waals surface area contributed by atoms with Crippen molar-refractivity contribution in [1.29, 1.82) is 0 Å². The van der Waals surface area contributed by atoms with Gasteiger partial charge in [-0.15, -0.1) is 0 Å². The van der Waals surface area contributed by atoms with E-state index in [1.807, 2.05) is 0 Å². The molecule has 0 N–H and O–H groups in total. The van der Waals surface area contributed by atoms with Crippen LogP contribution in [0.4, 0.5) is 17.6 Å². The van der Waals surface area contributed by atoms with Crippen LogP contribution in [0.25, 0.3) is 11.4 Å². The first kappa shape index (κ1) is 20.3. The van der Waals surface area contributed by atoms with Crippen LogP contribution in [0.2, 0.25) is 0 Å². The molecule has 1 aliphatic rings. The molecule has 2 heterocycles. The quantitative estimate of drug-likeness (QED) is 0.547. The minimum absolute atomic E-state index is 0.0662. The molecule has 1 saturated heterocycles.